The number of fused-ring (bicyclic) bond motifs is 4. The molecule has 1 unspecified atom stereocenters. The van der Waals surface area contributed by atoms with Crippen LogP contribution in [-0.2, 0) is 5.75 Å². The molecular weight excluding hydrogens is 272 g/mol. The number of aliphatic hydroxyl groups is 1. The Balaban J connectivity index is 1.99. The number of benzene rings is 2. The monoisotopic (exact) mass is 284 g/mol. The summed E-state index contributed by atoms with van der Waals surface area (Å²) in [6.45, 7) is 0. The van der Waals surface area contributed by atoms with Crippen LogP contribution in [0.3, 0.4) is 0 Å². The third-order valence-electron chi connectivity index (χ3n) is 3.62. The molecule has 0 radical (unpaired) electrons. The number of thiophene rings is 1. The lowest BCUT2D eigenvalue weighted by Crippen LogP contribution is -2.01. The molecule has 0 bridgehead atoms. The van der Waals surface area contributed by atoms with Gasteiger partial charge in [0.05, 0.1) is 0 Å². The minimum atomic E-state index is -0.507. The molecule has 3 aromatic rings. The first-order valence-electron chi connectivity index (χ1n) is 6.23. The molecule has 1 nitrogen and oxygen atoms in total. The topological polar surface area (TPSA) is 20.2 Å². The normalized spacial score (nSPS) is 17.8. The van der Waals surface area contributed by atoms with Gasteiger partial charge in [-0.1, -0.05) is 36.4 Å². The minimum Gasteiger partial charge on any atom is -0.384 e. The van der Waals surface area contributed by atoms with Crippen LogP contribution in [-0.4, -0.2) is 5.11 Å². The fourth-order valence-corrected chi connectivity index (χ4v) is 4.96. The van der Waals surface area contributed by atoms with E-state index >= 15 is 0 Å². The van der Waals surface area contributed by atoms with Crippen molar-refractivity contribution in [2.45, 2.75) is 16.8 Å². The second kappa shape index (κ2) is 4.37. The number of aliphatic hydroxyl groups excluding tert-OH is 1. The smallest absolute Gasteiger partial charge is 0.105 e. The van der Waals surface area contributed by atoms with Gasteiger partial charge < -0.3 is 5.11 Å². The molecule has 0 saturated heterocycles. The van der Waals surface area contributed by atoms with Crippen LogP contribution < -0.4 is 0 Å². The van der Waals surface area contributed by atoms with Gasteiger partial charge in [-0.15, -0.1) is 23.1 Å². The lowest BCUT2D eigenvalue weighted by atomic mass is 9.97. The quantitative estimate of drug-likeness (QED) is 0.651. The van der Waals surface area contributed by atoms with Crippen molar-refractivity contribution in [2.75, 3.05) is 0 Å². The summed E-state index contributed by atoms with van der Waals surface area (Å²) in [5, 5.41) is 14.1. The van der Waals surface area contributed by atoms with E-state index in [9.17, 15) is 5.11 Å². The Bertz CT molecular complexity index is 760. The van der Waals surface area contributed by atoms with Crippen molar-refractivity contribution in [1.29, 1.82) is 0 Å². The van der Waals surface area contributed by atoms with Gasteiger partial charge in [0.1, 0.15) is 6.10 Å². The molecule has 2 aromatic carbocycles. The van der Waals surface area contributed by atoms with Crippen LogP contribution in [0.15, 0.2) is 52.7 Å². The average molecular weight is 284 g/mol. The van der Waals surface area contributed by atoms with E-state index in [1.807, 2.05) is 30.0 Å². The number of rotatable bonds is 0. The molecule has 94 valence electrons. The van der Waals surface area contributed by atoms with Crippen molar-refractivity contribution < 1.29 is 5.11 Å². The first-order valence-corrected chi connectivity index (χ1v) is 8.10. The molecule has 0 spiro atoms. The molecule has 1 aliphatic heterocycles. The predicted octanol–water partition coefficient (Wildman–Crippen LogP) is 4.59. The van der Waals surface area contributed by atoms with E-state index in [1.54, 1.807) is 11.3 Å². The van der Waals surface area contributed by atoms with Crippen molar-refractivity contribution in [3.8, 4) is 0 Å². The number of thioether (sulfide) groups is 1. The van der Waals surface area contributed by atoms with Gasteiger partial charge in [0.2, 0.25) is 0 Å². The second-order valence-corrected chi connectivity index (χ2v) is 6.61. The molecule has 1 aromatic heterocycles. The molecule has 3 heteroatoms. The maximum Gasteiger partial charge on any atom is 0.105 e. The van der Waals surface area contributed by atoms with Gasteiger partial charge in [-0.2, -0.15) is 0 Å². The highest BCUT2D eigenvalue weighted by Crippen LogP contribution is 2.44. The molecule has 1 N–H and O–H groups in total. The van der Waals surface area contributed by atoms with Gasteiger partial charge in [-0.3, -0.25) is 0 Å². The zero-order valence-electron chi connectivity index (χ0n) is 10.2. The second-order valence-electron chi connectivity index (χ2n) is 4.71. The summed E-state index contributed by atoms with van der Waals surface area (Å²) < 4.78 is 1.30. The number of hydrogen-bond acceptors (Lipinski definition) is 3. The largest absolute Gasteiger partial charge is 0.384 e. The molecule has 0 amide bonds. The van der Waals surface area contributed by atoms with Crippen molar-refractivity contribution in [3.63, 3.8) is 0 Å². The Hall–Kier alpha value is -1.29. The standard InChI is InChI=1S/C16H12OS2/c17-14-12-4-2-1-3-11(12)9-19-16-13(14)6-5-10-7-8-18-15(10)16/h1-8,14,17H,9H2. The van der Waals surface area contributed by atoms with Crippen LogP contribution in [0.25, 0.3) is 10.1 Å². The van der Waals surface area contributed by atoms with E-state index in [4.69, 9.17) is 0 Å². The summed E-state index contributed by atoms with van der Waals surface area (Å²) in [4.78, 5) is 1.25. The van der Waals surface area contributed by atoms with Gasteiger partial charge >= 0.3 is 0 Å². The number of hydrogen-bond donors (Lipinski definition) is 1. The van der Waals surface area contributed by atoms with E-state index < -0.39 is 6.10 Å². The van der Waals surface area contributed by atoms with Gasteiger partial charge in [-0.25, -0.2) is 0 Å². The third-order valence-corrected chi connectivity index (χ3v) is 5.88. The van der Waals surface area contributed by atoms with Crippen molar-refractivity contribution in [1.82, 2.24) is 0 Å². The Morgan fingerprint density at radius 3 is 2.84 bits per heavy atom. The average Bonchev–Trinajstić information content (AvgIpc) is 2.87. The van der Waals surface area contributed by atoms with E-state index in [0.29, 0.717) is 0 Å². The molecule has 4 rings (SSSR count). The summed E-state index contributed by atoms with van der Waals surface area (Å²) in [5.74, 6) is 0.928. The first-order chi connectivity index (χ1) is 9.34. The lowest BCUT2D eigenvalue weighted by molar-refractivity contribution is 0.217. The van der Waals surface area contributed by atoms with Gasteiger partial charge in [0.25, 0.3) is 0 Å². The molecule has 0 fully saturated rings. The summed E-state index contributed by atoms with van der Waals surface area (Å²) in [6, 6.07) is 14.5. The van der Waals surface area contributed by atoms with Crippen molar-refractivity contribution in [3.05, 3.63) is 64.5 Å². The van der Waals surface area contributed by atoms with E-state index in [2.05, 4.69) is 29.6 Å². The van der Waals surface area contributed by atoms with Crippen LogP contribution in [0.2, 0.25) is 0 Å². The summed E-state index contributed by atoms with van der Waals surface area (Å²) in [7, 11) is 0. The molecule has 1 aliphatic rings. The van der Waals surface area contributed by atoms with Crippen molar-refractivity contribution in [2.24, 2.45) is 0 Å². The van der Waals surface area contributed by atoms with Crippen LogP contribution >= 0.6 is 23.1 Å². The van der Waals surface area contributed by atoms with Gasteiger partial charge in [-0.05, 0) is 28.0 Å². The Labute approximate surface area is 119 Å². The maximum atomic E-state index is 10.7. The first kappa shape index (κ1) is 11.5. The third kappa shape index (κ3) is 1.73. The molecule has 19 heavy (non-hydrogen) atoms. The maximum absolute atomic E-state index is 10.7. The van der Waals surface area contributed by atoms with Crippen molar-refractivity contribution >= 4 is 33.2 Å². The predicted molar refractivity (Wildman–Crippen MR) is 81.9 cm³/mol. The Kier molecular flexibility index (Phi) is 2.65. The van der Waals surface area contributed by atoms with Crippen LogP contribution in [0.1, 0.15) is 22.8 Å². The highest BCUT2D eigenvalue weighted by atomic mass is 32.2. The SMILES string of the molecule is OC1c2ccccc2CSc2c1ccc1ccsc21. The molecule has 0 saturated carbocycles. The summed E-state index contributed by atoms with van der Waals surface area (Å²) in [6.07, 6.45) is -0.507. The molecule has 1 atom stereocenters. The Morgan fingerprint density at radius 1 is 1.00 bits per heavy atom. The highest BCUT2D eigenvalue weighted by Gasteiger charge is 2.23. The van der Waals surface area contributed by atoms with Crippen LogP contribution in [0, 0.1) is 0 Å². The lowest BCUT2D eigenvalue weighted by Gasteiger charge is -2.14. The van der Waals surface area contributed by atoms with E-state index in [0.717, 1.165) is 16.9 Å². The summed E-state index contributed by atoms with van der Waals surface area (Å²) >= 11 is 3.60. The fourth-order valence-electron chi connectivity index (χ4n) is 2.64. The van der Waals surface area contributed by atoms with Crippen LogP contribution in [0.5, 0.6) is 0 Å². The van der Waals surface area contributed by atoms with Crippen LogP contribution in [0.4, 0.5) is 0 Å². The molecule has 2 heterocycles. The molecule has 0 aliphatic carbocycles. The zero-order chi connectivity index (χ0) is 12.8. The minimum absolute atomic E-state index is 0.507. The fraction of sp³-hybridized carbons (Fsp3) is 0.125. The summed E-state index contributed by atoms with van der Waals surface area (Å²) in [5.41, 5.74) is 3.33. The van der Waals surface area contributed by atoms with E-state index in [-0.39, 0.29) is 0 Å². The van der Waals surface area contributed by atoms with Gasteiger partial charge in [0, 0.05) is 20.9 Å². The highest BCUT2D eigenvalue weighted by molar-refractivity contribution is 7.99. The van der Waals surface area contributed by atoms with E-state index in [1.165, 1.54) is 20.5 Å². The van der Waals surface area contributed by atoms with Gasteiger partial charge in [0.15, 0.2) is 0 Å². The Morgan fingerprint density at radius 2 is 1.89 bits per heavy atom. The molecular formula is C16H12OS2. The zero-order valence-corrected chi connectivity index (χ0v) is 11.8.